The summed E-state index contributed by atoms with van der Waals surface area (Å²) in [5.41, 5.74) is 0.740. The third-order valence-corrected chi connectivity index (χ3v) is 6.50. The maximum atomic E-state index is 12.4. The van der Waals surface area contributed by atoms with E-state index in [0.717, 1.165) is 36.0 Å². The lowest BCUT2D eigenvalue weighted by atomic mass is 9.96. The Hall–Kier alpha value is -1.40. The van der Waals surface area contributed by atoms with Gasteiger partial charge < -0.3 is 5.21 Å². The number of hydrogen-bond acceptors (Lipinski definition) is 3. The van der Waals surface area contributed by atoms with Crippen molar-refractivity contribution in [2.75, 3.05) is 13.1 Å². The highest BCUT2D eigenvalue weighted by atomic mass is 32.2. The maximum absolute atomic E-state index is 12.4. The largest absolute Gasteiger partial charge is 0.624 e. The molecule has 0 unspecified atom stereocenters. The van der Waals surface area contributed by atoms with Gasteiger partial charge in [0, 0.05) is 31.5 Å². The van der Waals surface area contributed by atoms with Crippen LogP contribution < -0.4 is 0 Å². The van der Waals surface area contributed by atoms with Crippen LogP contribution in [0.15, 0.2) is 29.2 Å². The first-order valence-electron chi connectivity index (χ1n) is 8.39. The van der Waals surface area contributed by atoms with Gasteiger partial charge >= 0.3 is 0 Å². The molecule has 1 aliphatic rings. The minimum Gasteiger partial charge on any atom is -0.624 e. The summed E-state index contributed by atoms with van der Waals surface area (Å²) in [5.74, 6) is 0. The van der Waals surface area contributed by atoms with Crippen LogP contribution in [0.2, 0.25) is 0 Å². The zero-order valence-corrected chi connectivity index (χ0v) is 14.8. The molecule has 0 aromatic heterocycles. The van der Waals surface area contributed by atoms with Gasteiger partial charge in [-0.1, -0.05) is 20.3 Å². The highest BCUT2D eigenvalue weighted by Gasteiger charge is 2.22. The fourth-order valence-corrected chi connectivity index (χ4v) is 4.48. The Balaban J connectivity index is 2.16. The zero-order chi connectivity index (χ0) is 16.9. The van der Waals surface area contributed by atoms with E-state index in [1.165, 1.54) is 10.7 Å². The Kier molecular flexibility index (Phi) is 6.18. The van der Waals surface area contributed by atoms with Crippen molar-refractivity contribution in [2.45, 2.75) is 56.9 Å². The second-order valence-corrected chi connectivity index (χ2v) is 7.88. The van der Waals surface area contributed by atoms with Crippen molar-refractivity contribution in [3.05, 3.63) is 35.0 Å². The molecule has 0 atom stereocenters. The first kappa shape index (κ1) is 17.9. The topological polar surface area (TPSA) is 63.5 Å². The van der Waals surface area contributed by atoms with Crippen molar-refractivity contribution in [1.82, 2.24) is 4.31 Å². The third-order valence-electron chi connectivity index (χ3n) is 4.43. The van der Waals surface area contributed by atoms with Gasteiger partial charge in [0.1, 0.15) is 0 Å². The molecule has 2 rings (SSSR count). The van der Waals surface area contributed by atoms with Crippen LogP contribution >= 0.6 is 0 Å². The van der Waals surface area contributed by atoms with Crippen molar-refractivity contribution in [1.29, 1.82) is 0 Å². The molecule has 1 fully saturated rings. The van der Waals surface area contributed by atoms with Crippen LogP contribution in [-0.2, 0) is 10.0 Å². The average molecular weight is 338 g/mol. The van der Waals surface area contributed by atoms with E-state index < -0.39 is 10.0 Å². The molecule has 0 amide bonds. The van der Waals surface area contributed by atoms with E-state index in [4.69, 9.17) is 0 Å². The molecule has 1 aromatic rings. The number of rotatable bonds is 6. The molecule has 0 radical (unpaired) electrons. The molecular weight excluding hydrogens is 312 g/mol. The van der Waals surface area contributed by atoms with Gasteiger partial charge in [-0.25, -0.2) is 13.2 Å². The minimum atomic E-state index is -3.44. The van der Waals surface area contributed by atoms with Crippen LogP contribution in [0.3, 0.4) is 0 Å². The molecule has 0 heterocycles. The Bertz CT molecular complexity index is 628. The van der Waals surface area contributed by atoms with E-state index in [9.17, 15) is 13.6 Å². The van der Waals surface area contributed by atoms with Crippen LogP contribution in [0, 0.1) is 5.21 Å². The SMILES string of the molecule is CCN(CC)S(=O)(=O)c1ccc(/C=[N+](\[O-])C2CCCCC2)cc1. The minimum absolute atomic E-state index is 0.0582. The number of benzene rings is 1. The summed E-state index contributed by atoms with van der Waals surface area (Å²) in [4.78, 5) is 0.272. The molecule has 6 heteroatoms. The van der Waals surface area contributed by atoms with Crippen molar-refractivity contribution in [3.8, 4) is 0 Å². The fourth-order valence-electron chi connectivity index (χ4n) is 3.03. The predicted molar refractivity (Wildman–Crippen MR) is 92.2 cm³/mol. The molecule has 1 aliphatic carbocycles. The molecule has 5 nitrogen and oxygen atoms in total. The second kappa shape index (κ2) is 7.93. The number of hydroxylamine groups is 1. The van der Waals surface area contributed by atoms with Gasteiger partial charge in [0.05, 0.1) is 4.90 Å². The zero-order valence-electron chi connectivity index (χ0n) is 13.9. The summed E-state index contributed by atoms with van der Waals surface area (Å²) in [7, 11) is -3.44. The highest BCUT2D eigenvalue weighted by Crippen LogP contribution is 2.20. The summed E-state index contributed by atoms with van der Waals surface area (Å²) in [6.07, 6.45) is 6.88. The standard InChI is InChI=1S/C17H26N2O3S/c1-3-18(4-2)23(21,22)17-12-10-15(11-13-17)14-19(20)16-8-6-5-7-9-16/h10-14,16H,3-9H2,1-2H3/b19-14-. The first-order valence-corrected chi connectivity index (χ1v) is 9.83. The third kappa shape index (κ3) is 4.32. The number of nitrogens with zero attached hydrogens (tertiary/aromatic N) is 2. The van der Waals surface area contributed by atoms with Gasteiger partial charge in [-0.2, -0.15) is 4.31 Å². The smallest absolute Gasteiger partial charge is 0.243 e. The average Bonchev–Trinajstić information content (AvgIpc) is 2.57. The molecular formula is C17H26N2O3S. The van der Waals surface area contributed by atoms with Gasteiger partial charge in [-0.15, -0.1) is 0 Å². The van der Waals surface area contributed by atoms with Gasteiger partial charge in [0.15, 0.2) is 12.3 Å². The molecule has 0 N–H and O–H groups in total. The van der Waals surface area contributed by atoms with E-state index in [1.807, 2.05) is 13.8 Å². The molecule has 0 bridgehead atoms. The van der Waals surface area contributed by atoms with E-state index in [1.54, 1.807) is 30.5 Å². The van der Waals surface area contributed by atoms with E-state index in [2.05, 4.69) is 0 Å². The lowest BCUT2D eigenvalue weighted by molar-refractivity contribution is -0.500. The second-order valence-electron chi connectivity index (χ2n) is 5.94. The van der Waals surface area contributed by atoms with Crippen LogP contribution in [0.1, 0.15) is 51.5 Å². The normalized spacial score (nSPS) is 17.6. The molecule has 0 spiro atoms. The highest BCUT2D eigenvalue weighted by molar-refractivity contribution is 7.89. The van der Waals surface area contributed by atoms with Gasteiger partial charge in [0.25, 0.3) is 0 Å². The van der Waals surface area contributed by atoms with E-state index >= 15 is 0 Å². The van der Waals surface area contributed by atoms with Crippen LogP contribution in [0.4, 0.5) is 0 Å². The molecule has 23 heavy (non-hydrogen) atoms. The van der Waals surface area contributed by atoms with Crippen molar-refractivity contribution < 1.29 is 13.2 Å². The van der Waals surface area contributed by atoms with Gasteiger partial charge in [-0.05, 0) is 37.1 Å². The molecule has 1 saturated carbocycles. The lowest BCUT2D eigenvalue weighted by Gasteiger charge is -2.21. The maximum Gasteiger partial charge on any atom is 0.243 e. The molecule has 0 aliphatic heterocycles. The quantitative estimate of drug-likeness (QED) is 0.347. The summed E-state index contributed by atoms with van der Waals surface area (Å²) in [6.45, 7) is 4.54. The summed E-state index contributed by atoms with van der Waals surface area (Å²) < 4.78 is 27.3. The predicted octanol–water partition coefficient (Wildman–Crippen LogP) is 2.98. The van der Waals surface area contributed by atoms with E-state index in [0.29, 0.717) is 13.1 Å². The number of hydrogen-bond donors (Lipinski definition) is 0. The monoisotopic (exact) mass is 338 g/mol. The summed E-state index contributed by atoms with van der Waals surface area (Å²) in [5, 5.41) is 12.2. The number of sulfonamides is 1. The van der Waals surface area contributed by atoms with E-state index in [-0.39, 0.29) is 10.9 Å². The van der Waals surface area contributed by atoms with Crippen molar-refractivity contribution in [2.24, 2.45) is 0 Å². The van der Waals surface area contributed by atoms with Crippen molar-refractivity contribution in [3.63, 3.8) is 0 Å². The van der Waals surface area contributed by atoms with Crippen LogP contribution in [-0.4, -0.2) is 42.8 Å². The molecule has 128 valence electrons. The van der Waals surface area contributed by atoms with Gasteiger partial charge in [0.2, 0.25) is 10.0 Å². The Labute approximate surface area is 139 Å². The molecule has 0 saturated heterocycles. The Morgan fingerprint density at radius 3 is 2.22 bits per heavy atom. The Morgan fingerprint density at radius 1 is 1.13 bits per heavy atom. The van der Waals surface area contributed by atoms with Crippen LogP contribution in [0.25, 0.3) is 0 Å². The van der Waals surface area contributed by atoms with Crippen LogP contribution in [0.5, 0.6) is 0 Å². The molecule has 1 aromatic carbocycles. The van der Waals surface area contributed by atoms with Gasteiger partial charge in [-0.3, -0.25) is 0 Å². The Morgan fingerprint density at radius 2 is 1.70 bits per heavy atom. The summed E-state index contributed by atoms with van der Waals surface area (Å²) >= 11 is 0. The summed E-state index contributed by atoms with van der Waals surface area (Å²) in [6, 6.07) is 6.61. The van der Waals surface area contributed by atoms with Crippen molar-refractivity contribution >= 4 is 16.2 Å². The fraction of sp³-hybridized carbons (Fsp3) is 0.588. The first-order chi connectivity index (χ1) is 11.0. The lowest BCUT2D eigenvalue weighted by Crippen LogP contribution is -2.30.